The molecule has 5 heteroatoms. The summed E-state index contributed by atoms with van der Waals surface area (Å²) in [5, 5.41) is 13.6. The number of aromatic nitrogens is 1. The van der Waals surface area contributed by atoms with Gasteiger partial charge in [-0.15, -0.1) is 11.3 Å². The predicted molar refractivity (Wildman–Crippen MR) is 109 cm³/mol. The number of aryl methyl sites for hydroxylation is 1. The van der Waals surface area contributed by atoms with Crippen LogP contribution >= 0.6 is 11.3 Å². The van der Waals surface area contributed by atoms with Crippen molar-refractivity contribution in [2.75, 3.05) is 27.2 Å². The van der Waals surface area contributed by atoms with E-state index in [-0.39, 0.29) is 12.1 Å². The van der Waals surface area contributed by atoms with E-state index in [2.05, 4.69) is 58.5 Å². The van der Waals surface area contributed by atoms with Crippen LogP contribution in [-0.4, -0.2) is 59.2 Å². The van der Waals surface area contributed by atoms with Gasteiger partial charge in [-0.1, -0.05) is 18.2 Å². The second-order valence-electron chi connectivity index (χ2n) is 7.46. The van der Waals surface area contributed by atoms with E-state index in [0.717, 1.165) is 24.3 Å². The van der Waals surface area contributed by atoms with Gasteiger partial charge < -0.3 is 10.0 Å². The third-order valence-electron chi connectivity index (χ3n) is 5.20. The monoisotopic (exact) mass is 367 g/mol. The van der Waals surface area contributed by atoms with Gasteiger partial charge in [0.25, 0.3) is 0 Å². The Labute approximate surface area is 158 Å². The topological polar surface area (TPSA) is 39.6 Å². The van der Waals surface area contributed by atoms with E-state index in [1.165, 1.54) is 21.4 Å². The van der Waals surface area contributed by atoms with E-state index < -0.39 is 0 Å². The number of benzene rings is 1. The third-order valence-corrected chi connectivity index (χ3v) is 6.08. The Balaban J connectivity index is 1.71. The number of fused-ring (bicyclic) bond motifs is 1. The van der Waals surface area contributed by atoms with Crippen LogP contribution in [0.25, 0.3) is 21.5 Å². The minimum Gasteiger partial charge on any atom is -0.390 e. The number of thiophene rings is 1. The Kier molecular flexibility index (Phi) is 4.80. The maximum absolute atomic E-state index is 10.4. The van der Waals surface area contributed by atoms with Crippen molar-refractivity contribution in [2.45, 2.75) is 25.6 Å². The van der Waals surface area contributed by atoms with Crippen LogP contribution in [-0.2, 0) is 6.54 Å². The summed E-state index contributed by atoms with van der Waals surface area (Å²) in [6.07, 6.45) is -0.300. The number of rotatable bonds is 4. The number of pyridine rings is 1. The van der Waals surface area contributed by atoms with Crippen LogP contribution in [0.1, 0.15) is 11.1 Å². The second-order valence-corrected chi connectivity index (χ2v) is 8.41. The van der Waals surface area contributed by atoms with Gasteiger partial charge in [0.1, 0.15) is 0 Å². The van der Waals surface area contributed by atoms with Gasteiger partial charge in [0.2, 0.25) is 0 Å². The molecule has 136 valence electrons. The fourth-order valence-corrected chi connectivity index (χ4v) is 4.54. The standard InChI is InChI=1S/C21H25N3OS/c1-14-6-7-15-10-16(11-24-12-18(23(2)3)19(25)13-24)21(22-17(15)9-14)20-5-4-8-26-20/h4-10,18-19,25H,11-13H2,1-3H3/t18-,19-/m0/s1. The number of β-amino-alcohol motifs (C(OH)–C–C–N with tert-alkyl or cyclic N) is 1. The minimum atomic E-state index is -0.300. The number of hydrogen-bond acceptors (Lipinski definition) is 5. The molecule has 1 saturated heterocycles. The third kappa shape index (κ3) is 3.40. The summed E-state index contributed by atoms with van der Waals surface area (Å²) < 4.78 is 0. The summed E-state index contributed by atoms with van der Waals surface area (Å²) >= 11 is 1.73. The van der Waals surface area contributed by atoms with Crippen molar-refractivity contribution in [3.63, 3.8) is 0 Å². The smallest absolute Gasteiger partial charge is 0.0854 e. The highest BCUT2D eigenvalue weighted by Gasteiger charge is 2.33. The Morgan fingerprint density at radius 3 is 2.77 bits per heavy atom. The first-order valence-electron chi connectivity index (χ1n) is 9.02. The molecule has 1 fully saturated rings. The highest BCUT2D eigenvalue weighted by Crippen LogP contribution is 2.31. The summed E-state index contributed by atoms with van der Waals surface area (Å²) in [6, 6.07) is 13.1. The first-order valence-corrected chi connectivity index (χ1v) is 9.90. The average molecular weight is 368 g/mol. The average Bonchev–Trinajstić information content (AvgIpc) is 3.24. The molecule has 0 radical (unpaired) electrons. The summed E-state index contributed by atoms with van der Waals surface area (Å²) in [5.74, 6) is 0. The van der Waals surface area contributed by atoms with Crippen molar-refractivity contribution in [1.82, 2.24) is 14.8 Å². The van der Waals surface area contributed by atoms with E-state index in [4.69, 9.17) is 4.98 Å². The Morgan fingerprint density at radius 2 is 2.08 bits per heavy atom. The molecule has 4 nitrogen and oxygen atoms in total. The van der Waals surface area contributed by atoms with Gasteiger partial charge in [-0.05, 0) is 55.7 Å². The van der Waals surface area contributed by atoms with Crippen molar-refractivity contribution >= 4 is 22.2 Å². The Bertz CT molecular complexity index is 907. The fraction of sp³-hybridized carbons (Fsp3) is 0.381. The van der Waals surface area contributed by atoms with E-state index >= 15 is 0 Å². The van der Waals surface area contributed by atoms with E-state index in [1.807, 2.05) is 14.1 Å². The lowest BCUT2D eigenvalue weighted by atomic mass is 10.1. The van der Waals surface area contributed by atoms with Crippen LogP contribution < -0.4 is 0 Å². The van der Waals surface area contributed by atoms with E-state index in [0.29, 0.717) is 6.54 Å². The lowest BCUT2D eigenvalue weighted by molar-refractivity contribution is 0.112. The summed E-state index contributed by atoms with van der Waals surface area (Å²) in [7, 11) is 4.07. The molecule has 3 heterocycles. The number of aliphatic hydroxyl groups excluding tert-OH is 1. The maximum Gasteiger partial charge on any atom is 0.0854 e. The maximum atomic E-state index is 10.4. The van der Waals surface area contributed by atoms with Crippen LogP contribution in [0.4, 0.5) is 0 Å². The molecule has 0 amide bonds. The molecule has 0 spiro atoms. The molecule has 0 unspecified atom stereocenters. The van der Waals surface area contributed by atoms with Crippen molar-refractivity contribution in [1.29, 1.82) is 0 Å². The zero-order chi connectivity index (χ0) is 18.3. The zero-order valence-electron chi connectivity index (χ0n) is 15.5. The molecule has 3 aromatic rings. The minimum absolute atomic E-state index is 0.191. The molecule has 0 saturated carbocycles. The van der Waals surface area contributed by atoms with Crippen molar-refractivity contribution in [3.05, 3.63) is 52.9 Å². The molecule has 2 aromatic heterocycles. The molecule has 2 atom stereocenters. The molecule has 0 aliphatic carbocycles. The van der Waals surface area contributed by atoms with Crippen molar-refractivity contribution in [2.24, 2.45) is 0 Å². The van der Waals surface area contributed by atoms with Gasteiger partial charge in [-0.3, -0.25) is 4.90 Å². The van der Waals surface area contributed by atoms with Crippen LogP contribution in [0.2, 0.25) is 0 Å². The number of hydrogen-bond donors (Lipinski definition) is 1. The molecule has 1 aromatic carbocycles. The molecule has 26 heavy (non-hydrogen) atoms. The molecular weight excluding hydrogens is 342 g/mol. The second kappa shape index (κ2) is 7.08. The van der Waals surface area contributed by atoms with E-state index in [9.17, 15) is 5.11 Å². The summed E-state index contributed by atoms with van der Waals surface area (Å²) in [5.41, 5.74) is 4.58. The fourth-order valence-electron chi connectivity index (χ4n) is 3.79. The summed E-state index contributed by atoms with van der Waals surface area (Å²) in [6.45, 7) is 4.50. The number of likely N-dealkylation sites (tertiary alicyclic amines) is 1. The Hall–Kier alpha value is -1.79. The molecule has 1 aliphatic rings. The molecule has 1 N–H and O–H groups in total. The lowest BCUT2D eigenvalue weighted by Crippen LogP contribution is -2.37. The molecule has 4 rings (SSSR count). The van der Waals surface area contributed by atoms with Gasteiger partial charge in [0.05, 0.1) is 22.2 Å². The van der Waals surface area contributed by atoms with Crippen LogP contribution in [0.5, 0.6) is 0 Å². The largest absolute Gasteiger partial charge is 0.390 e. The van der Waals surface area contributed by atoms with Gasteiger partial charge in [-0.25, -0.2) is 4.98 Å². The van der Waals surface area contributed by atoms with E-state index in [1.54, 1.807) is 11.3 Å². The Morgan fingerprint density at radius 1 is 1.23 bits per heavy atom. The first kappa shape index (κ1) is 17.6. The first-order chi connectivity index (χ1) is 12.5. The quantitative estimate of drug-likeness (QED) is 0.767. The van der Waals surface area contributed by atoms with Gasteiger partial charge >= 0.3 is 0 Å². The number of aliphatic hydroxyl groups is 1. The van der Waals surface area contributed by atoms with Gasteiger partial charge in [-0.2, -0.15) is 0 Å². The van der Waals surface area contributed by atoms with Crippen molar-refractivity contribution < 1.29 is 5.11 Å². The number of likely N-dealkylation sites (N-methyl/N-ethyl adjacent to an activating group) is 1. The zero-order valence-corrected chi connectivity index (χ0v) is 16.3. The van der Waals surface area contributed by atoms with Gasteiger partial charge in [0.15, 0.2) is 0 Å². The highest BCUT2D eigenvalue weighted by atomic mass is 32.1. The SMILES string of the molecule is Cc1ccc2cc(CN3C[C@H](O)[C@@H](N(C)C)C3)c(-c3cccs3)nc2c1. The molecule has 0 bridgehead atoms. The van der Waals surface area contributed by atoms with Crippen LogP contribution in [0, 0.1) is 6.92 Å². The number of nitrogens with zero attached hydrogens (tertiary/aromatic N) is 3. The van der Waals surface area contributed by atoms with Gasteiger partial charge in [0, 0.05) is 31.1 Å². The normalized spacial score (nSPS) is 21.1. The highest BCUT2D eigenvalue weighted by molar-refractivity contribution is 7.13. The predicted octanol–water partition coefficient (Wildman–Crippen LogP) is 3.38. The molecule has 1 aliphatic heterocycles. The molecular formula is C21H25N3OS. The lowest BCUT2D eigenvalue weighted by Gasteiger charge is -2.22. The van der Waals surface area contributed by atoms with Crippen molar-refractivity contribution in [3.8, 4) is 10.6 Å². The van der Waals surface area contributed by atoms with Crippen LogP contribution in [0.15, 0.2) is 41.8 Å². The van der Waals surface area contributed by atoms with Crippen LogP contribution in [0.3, 0.4) is 0 Å². The summed E-state index contributed by atoms with van der Waals surface area (Å²) in [4.78, 5) is 10.7.